The minimum absolute atomic E-state index is 0.131. The molecule has 0 aromatic heterocycles. The Morgan fingerprint density at radius 2 is 1.77 bits per heavy atom. The molecule has 2 atom stereocenters. The topological polar surface area (TPSA) is 46.3 Å². The third-order valence-electron chi connectivity index (χ3n) is 8.92. The summed E-state index contributed by atoms with van der Waals surface area (Å²) in [5, 5.41) is 0. The van der Waals surface area contributed by atoms with Crippen molar-refractivity contribution in [1.82, 2.24) is 4.90 Å². The van der Waals surface area contributed by atoms with Gasteiger partial charge in [0.2, 0.25) is 5.91 Å². The van der Waals surface area contributed by atoms with E-state index in [1.54, 1.807) is 5.57 Å². The van der Waals surface area contributed by atoms with Crippen LogP contribution in [0.5, 0.6) is 0 Å². The molecule has 4 saturated carbocycles. The van der Waals surface area contributed by atoms with Crippen molar-refractivity contribution in [2.45, 2.75) is 70.1 Å². The van der Waals surface area contributed by atoms with Crippen molar-refractivity contribution in [3.63, 3.8) is 0 Å². The van der Waals surface area contributed by atoms with Crippen LogP contribution in [0.1, 0.15) is 70.3 Å². The van der Waals surface area contributed by atoms with Gasteiger partial charge in [-0.05, 0) is 93.1 Å². The highest BCUT2D eigenvalue weighted by molar-refractivity contribution is 5.84. The van der Waals surface area contributed by atoms with E-state index in [4.69, 9.17) is 5.73 Å². The number of nitrogens with zero attached hydrogens (tertiary/aromatic N) is 1. The zero-order chi connectivity index (χ0) is 20.8. The molecule has 5 aliphatic rings. The van der Waals surface area contributed by atoms with Crippen LogP contribution in [-0.4, -0.2) is 30.4 Å². The van der Waals surface area contributed by atoms with Crippen LogP contribution in [0.15, 0.2) is 42.0 Å². The van der Waals surface area contributed by atoms with Gasteiger partial charge in [0.1, 0.15) is 0 Å². The highest BCUT2D eigenvalue weighted by atomic mass is 16.2. The first-order valence-electron chi connectivity index (χ1n) is 12.3. The normalized spacial score (nSPS) is 35.7. The van der Waals surface area contributed by atoms with Gasteiger partial charge in [-0.3, -0.25) is 4.79 Å². The van der Waals surface area contributed by atoms with Gasteiger partial charge < -0.3 is 10.6 Å². The Hall–Kier alpha value is -1.61. The van der Waals surface area contributed by atoms with Crippen LogP contribution in [0.2, 0.25) is 0 Å². The molecule has 3 nitrogen and oxygen atoms in total. The molecule has 5 fully saturated rings. The number of amides is 1. The van der Waals surface area contributed by atoms with Gasteiger partial charge in [0.05, 0.1) is 5.41 Å². The number of likely N-dealkylation sites (tertiary alicyclic amines) is 1. The van der Waals surface area contributed by atoms with Gasteiger partial charge in [-0.2, -0.15) is 0 Å². The SMILES string of the molecule is CCC=C1C2CC3(C(=O)N4CCC(CCN)CC4)CC1CC(c1ccccc1)(C2)C3. The molecule has 6 rings (SSSR count). The number of nitrogens with two attached hydrogens (primary N) is 1. The quantitative estimate of drug-likeness (QED) is 0.695. The van der Waals surface area contributed by atoms with Crippen molar-refractivity contribution in [2.24, 2.45) is 28.9 Å². The highest BCUT2D eigenvalue weighted by Gasteiger charge is 2.63. The van der Waals surface area contributed by atoms with Crippen molar-refractivity contribution >= 4 is 5.91 Å². The van der Waals surface area contributed by atoms with E-state index in [1.165, 1.54) is 18.4 Å². The third kappa shape index (κ3) is 3.25. The molecule has 1 aromatic rings. The molecule has 1 aromatic carbocycles. The Morgan fingerprint density at radius 1 is 1.10 bits per heavy atom. The lowest BCUT2D eigenvalue weighted by Gasteiger charge is -2.63. The van der Waals surface area contributed by atoms with Crippen molar-refractivity contribution in [3.05, 3.63) is 47.5 Å². The number of hydrogen-bond donors (Lipinski definition) is 1. The Balaban J connectivity index is 1.44. The first-order valence-corrected chi connectivity index (χ1v) is 12.3. The van der Waals surface area contributed by atoms with Gasteiger partial charge in [0.25, 0.3) is 0 Å². The second-order valence-electron chi connectivity index (χ2n) is 10.7. The number of piperidine rings is 1. The zero-order valence-electron chi connectivity index (χ0n) is 18.6. The first-order chi connectivity index (χ1) is 14.6. The second-order valence-corrected chi connectivity index (χ2v) is 10.7. The predicted octanol–water partition coefficient (Wildman–Crippen LogP) is 5.06. The maximum absolute atomic E-state index is 14.0. The predicted molar refractivity (Wildman–Crippen MR) is 122 cm³/mol. The molecular weight excluding hydrogens is 368 g/mol. The molecule has 1 amide bonds. The van der Waals surface area contributed by atoms with Crippen molar-refractivity contribution < 1.29 is 4.79 Å². The minimum atomic E-state index is -0.131. The van der Waals surface area contributed by atoms with E-state index in [0.29, 0.717) is 23.7 Å². The zero-order valence-corrected chi connectivity index (χ0v) is 18.6. The minimum Gasteiger partial charge on any atom is -0.342 e. The summed E-state index contributed by atoms with van der Waals surface area (Å²) in [5.41, 5.74) is 9.02. The molecular formula is C27H38N2O. The number of hydrogen-bond acceptors (Lipinski definition) is 2. The average molecular weight is 407 g/mol. The molecule has 4 aliphatic carbocycles. The Labute approximate surface area is 182 Å². The lowest BCUT2D eigenvalue weighted by atomic mass is 9.41. The Kier molecular flexibility index (Phi) is 5.29. The smallest absolute Gasteiger partial charge is 0.228 e. The van der Waals surface area contributed by atoms with Crippen molar-refractivity contribution in [3.8, 4) is 0 Å². The van der Waals surface area contributed by atoms with Gasteiger partial charge in [-0.15, -0.1) is 0 Å². The third-order valence-corrected chi connectivity index (χ3v) is 8.92. The van der Waals surface area contributed by atoms with Gasteiger partial charge in [0.15, 0.2) is 0 Å². The van der Waals surface area contributed by atoms with Crippen LogP contribution in [0.4, 0.5) is 0 Å². The van der Waals surface area contributed by atoms with E-state index in [1.807, 2.05) is 0 Å². The Morgan fingerprint density at radius 3 is 2.37 bits per heavy atom. The Bertz CT molecular complexity index is 787. The number of carbonyl (C=O) groups is 1. The van der Waals surface area contributed by atoms with Crippen LogP contribution in [0, 0.1) is 23.2 Å². The monoisotopic (exact) mass is 406 g/mol. The van der Waals surface area contributed by atoms with Crippen molar-refractivity contribution in [2.75, 3.05) is 19.6 Å². The van der Waals surface area contributed by atoms with Gasteiger partial charge in [0, 0.05) is 13.1 Å². The number of benzene rings is 1. The number of carbonyl (C=O) groups excluding carboxylic acids is 1. The van der Waals surface area contributed by atoms with Crippen LogP contribution in [-0.2, 0) is 10.2 Å². The van der Waals surface area contributed by atoms with Crippen LogP contribution in [0.3, 0.4) is 0 Å². The van der Waals surface area contributed by atoms with Crippen LogP contribution < -0.4 is 5.73 Å². The fraction of sp³-hybridized carbons (Fsp3) is 0.667. The van der Waals surface area contributed by atoms with Crippen molar-refractivity contribution in [1.29, 1.82) is 0 Å². The summed E-state index contributed by atoms with van der Waals surface area (Å²) in [7, 11) is 0. The molecule has 0 spiro atoms. The maximum atomic E-state index is 14.0. The van der Waals surface area contributed by atoms with E-state index in [0.717, 1.165) is 64.6 Å². The standard InChI is InChI=1S/C27H38N2O/c1-2-6-24-21-15-26(23-7-4-3-5-8-23)16-22(24)18-27(17-21,19-26)25(30)29-13-10-20(9-12-28)11-14-29/h3-8,20-22H,2,9-19,28H2,1H3. The van der Waals surface area contributed by atoms with E-state index in [9.17, 15) is 4.79 Å². The highest BCUT2D eigenvalue weighted by Crippen LogP contribution is 2.67. The molecule has 30 heavy (non-hydrogen) atoms. The molecule has 1 heterocycles. The molecule has 3 heteroatoms. The first kappa shape index (κ1) is 20.3. The number of allylic oxidation sites excluding steroid dienone is 2. The van der Waals surface area contributed by atoms with E-state index < -0.39 is 0 Å². The fourth-order valence-corrected chi connectivity index (χ4v) is 7.88. The van der Waals surface area contributed by atoms with E-state index in [-0.39, 0.29) is 10.8 Å². The molecule has 162 valence electrons. The maximum Gasteiger partial charge on any atom is 0.228 e. The molecule has 1 aliphatic heterocycles. The summed E-state index contributed by atoms with van der Waals surface area (Å²) in [6, 6.07) is 11.2. The molecule has 2 N–H and O–H groups in total. The summed E-state index contributed by atoms with van der Waals surface area (Å²) in [4.78, 5) is 16.3. The lowest BCUT2D eigenvalue weighted by Crippen LogP contribution is -2.61. The molecule has 1 saturated heterocycles. The summed E-state index contributed by atoms with van der Waals surface area (Å²) in [5.74, 6) is 2.40. The summed E-state index contributed by atoms with van der Waals surface area (Å²) in [6.45, 7) is 4.92. The van der Waals surface area contributed by atoms with E-state index in [2.05, 4.69) is 48.2 Å². The van der Waals surface area contributed by atoms with E-state index >= 15 is 0 Å². The number of rotatable bonds is 5. The lowest BCUT2D eigenvalue weighted by molar-refractivity contribution is -0.157. The molecule has 0 radical (unpaired) electrons. The van der Waals surface area contributed by atoms with Gasteiger partial charge in [-0.1, -0.05) is 48.9 Å². The molecule has 4 bridgehead atoms. The second kappa shape index (κ2) is 7.82. The summed E-state index contributed by atoms with van der Waals surface area (Å²) < 4.78 is 0. The van der Waals surface area contributed by atoms with Gasteiger partial charge in [-0.25, -0.2) is 0 Å². The fourth-order valence-electron chi connectivity index (χ4n) is 7.88. The van der Waals surface area contributed by atoms with Crippen LogP contribution >= 0.6 is 0 Å². The van der Waals surface area contributed by atoms with Gasteiger partial charge >= 0.3 is 0 Å². The average Bonchev–Trinajstić information content (AvgIpc) is 2.77. The largest absolute Gasteiger partial charge is 0.342 e. The summed E-state index contributed by atoms with van der Waals surface area (Å²) >= 11 is 0. The molecule has 2 unspecified atom stereocenters. The van der Waals surface area contributed by atoms with Crippen LogP contribution in [0.25, 0.3) is 0 Å². The summed E-state index contributed by atoms with van der Waals surface area (Å²) in [6.07, 6.45) is 12.7.